The van der Waals surface area contributed by atoms with Gasteiger partial charge in [-0.05, 0) is 38.9 Å². The van der Waals surface area contributed by atoms with Gasteiger partial charge in [0.15, 0.2) is 0 Å². The molecular formula is C13H22N4O. The van der Waals surface area contributed by atoms with E-state index < -0.39 is 0 Å². The summed E-state index contributed by atoms with van der Waals surface area (Å²) < 4.78 is 3.63. The Bertz CT molecular complexity index is 492. The molecule has 0 aromatic carbocycles. The first kappa shape index (κ1) is 13.0. The zero-order valence-corrected chi connectivity index (χ0v) is 11.4. The molecule has 1 aromatic heterocycles. The number of allylic oxidation sites excluding steroid dienone is 1. The number of aromatic nitrogens is 2. The maximum Gasteiger partial charge on any atom is 0.330 e. The van der Waals surface area contributed by atoms with Crippen LogP contribution in [0.15, 0.2) is 10.9 Å². The van der Waals surface area contributed by atoms with Crippen LogP contribution >= 0.6 is 0 Å². The highest BCUT2D eigenvalue weighted by molar-refractivity contribution is 5.60. The Kier molecular flexibility index (Phi) is 3.91. The lowest BCUT2D eigenvalue weighted by Gasteiger charge is -2.24. The first-order valence-corrected chi connectivity index (χ1v) is 6.53. The van der Waals surface area contributed by atoms with Crippen LogP contribution in [0, 0.1) is 0 Å². The highest BCUT2D eigenvalue weighted by atomic mass is 16.1. The molecule has 1 aliphatic rings. The zero-order chi connectivity index (χ0) is 13.1. The monoisotopic (exact) mass is 250 g/mol. The van der Waals surface area contributed by atoms with Gasteiger partial charge in [0.05, 0.1) is 5.69 Å². The highest BCUT2D eigenvalue weighted by Crippen LogP contribution is 2.24. The molecule has 0 spiro atoms. The number of anilines is 1. The minimum atomic E-state index is 0.0688. The Hall–Kier alpha value is -1.49. The van der Waals surface area contributed by atoms with E-state index in [9.17, 15) is 4.79 Å². The summed E-state index contributed by atoms with van der Waals surface area (Å²) in [6, 6.07) is 0.304. The Morgan fingerprint density at radius 2 is 2.06 bits per heavy atom. The van der Waals surface area contributed by atoms with E-state index in [1.165, 1.54) is 0 Å². The van der Waals surface area contributed by atoms with E-state index in [-0.39, 0.29) is 5.69 Å². The summed E-state index contributed by atoms with van der Waals surface area (Å²) in [6.07, 6.45) is 6.01. The van der Waals surface area contributed by atoms with E-state index in [1.54, 1.807) is 4.57 Å². The summed E-state index contributed by atoms with van der Waals surface area (Å²) in [5.74, 6) is 0.886. The van der Waals surface area contributed by atoms with Gasteiger partial charge in [0.1, 0.15) is 5.82 Å². The lowest BCUT2D eigenvalue weighted by Crippen LogP contribution is -2.35. The van der Waals surface area contributed by atoms with Gasteiger partial charge in [0.25, 0.3) is 0 Å². The van der Waals surface area contributed by atoms with Crippen LogP contribution < -0.4 is 16.3 Å². The molecule has 1 aromatic rings. The largest absolute Gasteiger partial charge is 0.373 e. The van der Waals surface area contributed by atoms with Crippen LogP contribution in [0.5, 0.6) is 0 Å². The molecule has 1 fully saturated rings. The average molecular weight is 250 g/mol. The van der Waals surface area contributed by atoms with Gasteiger partial charge in [0, 0.05) is 20.1 Å². The number of imidazole rings is 1. The van der Waals surface area contributed by atoms with Crippen molar-refractivity contribution in [3.63, 3.8) is 0 Å². The summed E-state index contributed by atoms with van der Waals surface area (Å²) in [7, 11) is 3.67. The standard InChI is InChI=1S/C13H22N4O/c1-4-5-11-12(14-2)16(3)13(18)17(11)10-6-8-15-9-7-10/h4-5,10,14-15H,6-9H2,1-3H3/b5-4-. The summed E-state index contributed by atoms with van der Waals surface area (Å²) in [5, 5.41) is 6.46. The lowest BCUT2D eigenvalue weighted by molar-refractivity contribution is 0.358. The molecule has 0 unspecified atom stereocenters. The Labute approximate surface area is 107 Å². The third kappa shape index (κ3) is 2.10. The Morgan fingerprint density at radius 3 is 2.61 bits per heavy atom. The fourth-order valence-corrected chi connectivity index (χ4v) is 2.68. The van der Waals surface area contributed by atoms with E-state index in [2.05, 4.69) is 10.6 Å². The number of rotatable bonds is 3. The van der Waals surface area contributed by atoms with Crippen molar-refractivity contribution in [2.75, 3.05) is 25.5 Å². The van der Waals surface area contributed by atoms with Crippen LogP contribution in [-0.4, -0.2) is 29.3 Å². The quantitative estimate of drug-likeness (QED) is 0.847. The molecule has 0 aliphatic carbocycles. The third-order valence-electron chi connectivity index (χ3n) is 3.57. The van der Waals surface area contributed by atoms with Crippen LogP contribution in [-0.2, 0) is 7.05 Å². The van der Waals surface area contributed by atoms with Gasteiger partial charge in [0.2, 0.25) is 0 Å². The molecule has 0 radical (unpaired) electrons. The maximum atomic E-state index is 12.4. The van der Waals surface area contributed by atoms with Crippen LogP contribution in [0.1, 0.15) is 31.5 Å². The van der Waals surface area contributed by atoms with Gasteiger partial charge in [-0.25, -0.2) is 4.79 Å². The number of piperidine rings is 1. The van der Waals surface area contributed by atoms with E-state index >= 15 is 0 Å². The first-order chi connectivity index (χ1) is 8.70. The lowest BCUT2D eigenvalue weighted by atomic mass is 10.1. The van der Waals surface area contributed by atoms with Crippen molar-refractivity contribution in [3.8, 4) is 0 Å². The molecule has 0 atom stereocenters. The van der Waals surface area contributed by atoms with Crippen LogP contribution in [0.2, 0.25) is 0 Å². The summed E-state index contributed by atoms with van der Waals surface area (Å²) >= 11 is 0. The highest BCUT2D eigenvalue weighted by Gasteiger charge is 2.23. The summed E-state index contributed by atoms with van der Waals surface area (Å²) in [4.78, 5) is 12.4. The van der Waals surface area contributed by atoms with Crippen LogP contribution in [0.4, 0.5) is 5.82 Å². The van der Waals surface area contributed by atoms with Crippen molar-refractivity contribution < 1.29 is 0 Å². The maximum absolute atomic E-state index is 12.4. The molecular weight excluding hydrogens is 228 g/mol. The second-order valence-corrected chi connectivity index (χ2v) is 4.68. The fraction of sp³-hybridized carbons (Fsp3) is 0.615. The van der Waals surface area contributed by atoms with Crippen molar-refractivity contribution >= 4 is 11.9 Å². The van der Waals surface area contributed by atoms with Crippen molar-refractivity contribution in [1.29, 1.82) is 0 Å². The molecule has 5 heteroatoms. The van der Waals surface area contributed by atoms with Crippen LogP contribution in [0.25, 0.3) is 6.08 Å². The number of nitrogens with one attached hydrogen (secondary N) is 2. The van der Waals surface area contributed by atoms with E-state index in [0.717, 1.165) is 37.4 Å². The SMILES string of the molecule is C/C=C\c1c(NC)n(C)c(=O)n1C1CCNCC1. The molecule has 1 saturated heterocycles. The van der Waals surface area contributed by atoms with Crippen molar-refractivity contribution in [2.24, 2.45) is 7.05 Å². The number of hydrogen-bond donors (Lipinski definition) is 2. The topological polar surface area (TPSA) is 51.0 Å². The number of nitrogens with zero attached hydrogens (tertiary/aromatic N) is 2. The molecule has 5 nitrogen and oxygen atoms in total. The predicted octanol–water partition coefficient (Wildman–Crippen LogP) is 1.19. The number of hydrogen-bond acceptors (Lipinski definition) is 3. The van der Waals surface area contributed by atoms with Gasteiger partial charge in [-0.3, -0.25) is 9.13 Å². The van der Waals surface area contributed by atoms with Crippen molar-refractivity contribution in [3.05, 3.63) is 22.3 Å². The molecule has 100 valence electrons. The smallest absolute Gasteiger partial charge is 0.330 e. The molecule has 2 N–H and O–H groups in total. The minimum Gasteiger partial charge on any atom is -0.373 e. The molecule has 0 bridgehead atoms. The zero-order valence-electron chi connectivity index (χ0n) is 11.4. The van der Waals surface area contributed by atoms with Gasteiger partial charge in [-0.15, -0.1) is 0 Å². The molecule has 18 heavy (non-hydrogen) atoms. The second kappa shape index (κ2) is 5.44. The van der Waals surface area contributed by atoms with Crippen molar-refractivity contribution in [1.82, 2.24) is 14.5 Å². The van der Waals surface area contributed by atoms with E-state index in [1.807, 2.05) is 37.7 Å². The Balaban J connectivity index is 2.53. The average Bonchev–Trinajstić information content (AvgIpc) is 2.63. The van der Waals surface area contributed by atoms with Gasteiger partial charge in [-0.2, -0.15) is 0 Å². The van der Waals surface area contributed by atoms with Crippen molar-refractivity contribution in [2.45, 2.75) is 25.8 Å². The normalized spacial score (nSPS) is 17.5. The molecule has 0 amide bonds. The predicted molar refractivity (Wildman–Crippen MR) is 75.1 cm³/mol. The van der Waals surface area contributed by atoms with E-state index in [0.29, 0.717) is 6.04 Å². The fourth-order valence-electron chi connectivity index (χ4n) is 2.68. The van der Waals surface area contributed by atoms with Crippen LogP contribution in [0.3, 0.4) is 0 Å². The minimum absolute atomic E-state index is 0.0688. The summed E-state index contributed by atoms with van der Waals surface area (Å²) in [5.41, 5.74) is 1.05. The molecule has 0 saturated carbocycles. The molecule has 1 aliphatic heterocycles. The van der Waals surface area contributed by atoms with E-state index in [4.69, 9.17) is 0 Å². The Morgan fingerprint density at radius 1 is 1.39 bits per heavy atom. The summed E-state index contributed by atoms with van der Waals surface area (Å²) in [6.45, 7) is 3.94. The molecule has 2 heterocycles. The third-order valence-corrected chi connectivity index (χ3v) is 3.57. The van der Waals surface area contributed by atoms with Gasteiger partial charge < -0.3 is 10.6 Å². The van der Waals surface area contributed by atoms with Gasteiger partial charge >= 0.3 is 5.69 Å². The first-order valence-electron chi connectivity index (χ1n) is 6.53. The van der Waals surface area contributed by atoms with Gasteiger partial charge in [-0.1, -0.05) is 6.08 Å². The molecule has 2 rings (SSSR count). The second-order valence-electron chi connectivity index (χ2n) is 4.68.